The Kier molecular flexibility index (Phi) is 3.49. The summed E-state index contributed by atoms with van der Waals surface area (Å²) < 4.78 is 5.49. The van der Waals surface area contributed by atoms with Crippen LogP contribution in [0.25, 0.3) is 11.1 Å². The minimum atomic E-state index is -0.338. The minimum Gasteiger partial charge on any atom is -0.497 e. The maximum atomic E-state index is 6.62. The zero-order valence-corrected chi connectivity index (χ0v) is 20.6. The van der Waals surface area contributed by atoms with Gasteiger partial charge in [0, 0.05) is 28.6 Å². The van der Waals surface area contributed by atoms with E-state index in [0.717, 1.165) is 42.6 Å². The lowest BCUT2D eigenvalue weighted by atomic mass is 9.45. The molecule has 3 atom stereocenters. The van der Waals surface area contributed by atoms with Crippen molar-refractivity contribution < 1.29 is 4.74 Å². The minimum absolute atomic E-state index is 0.0477. The van der Waals surface area contributed by atoms with Gasteiger partial charge >= 0.3 is 0 Å². The molecule has 35 heavy (non-hydrogen) atoms. The van der Waals surface area contributed by atoms with Crippen LogP contribution in [0.3, 0.4) is 0 Å². The van der Waals surface area contributed by atoms with E-state index in [2.05, 4.69) is 60.5 Å². The van der Waals surface area contributed by atoms with Gasteiger partial charge in [-0.1, -0.05) is 48.0 Å². The van der Waals surface area contributed by atoms with Crippen molar-refractivity contribution in [3.8, 4) is 16.9 Å². The number of nitrogens with two attached hydrogens (primary N) is 1. The lowest BCUT2D eigenvalue weighted by Gasteiger charge is -2.58. The fourth-order valence-corrected chi connectivity index (χ4v) is 8.52. The Morgan fingerprint density at radius 2 is 1.80 bits per heavy atom. The van der Waals surface area contributed by atoms with Crippen LogP contribution in [0.4, 0.5) is 0 Å². The lowest BCUT2D eigenvalue weighted by molar-refractivity contribution is -0.00801. The number of halogens is 1. The van der Waals surface area contributed by atoms with Gasteiger partial charge in [-0.15, -0.1) is 0 Å². The molecular weight excluding hydrogens is 454 g/mol. The molecule has 0 bridgehead atoms. The Bertz CT molecular complexity index is 1560. The van der Waals surface area contributed by atoms with Gasteiger partial charge < -0.3 is 15.4 Å². The van der Waals surface area contributed by atoms with Gasteiger partial charge in [0.1, 0.15) is 11.3 Å². The first-order chi connectivity index (χ1) is 16.9. The van der Waals surface area contributed by atoms with E-state index in [0.29, 0.717) is 11.0 Å². The first-order valence-electron chi connectivity index (χ1n) is 12.4. The SMILES string of the molecule is COc1cc(Cl)cc(-c2ccc3c(c2)C24N=C(N)N(C)C5=C2C52Cc5ccccc5CCC24C3)c1. The van der Waals surface area contributed by atoms with Crippen LogP contribution in [0.1, 0.15) is 28.7 Å². The second-order valence-corrected chi connectivity index (χ2v) is 11.3. The molecule has 4 nitrogen and oxygen atoms in total. The second-order valence-electron chi connectivity index (χ2n) is 10.8. The second kappa shape index (κ2) is 6.11. The Morgan fingerprint density at radius 1 is 0.971 bits per heavy atom. The molecule has 0 amide bonds. The van der Waals surface area contributed by atoms with Crippen LogP contribution in [0.5, 0.6) is 5.75 Å². The summed E-state index contributed by atoms with van der Waals surface area (Å²) in [7, 11) is 3.77. The maximum absolute atomic E-state index is 6.62. The summed E-state index contributed by atoms with van der Waals surface area (Å²) >= 11 is 6.43. The highest BCUT2D eigenvalue weighted by Gasteiger charge is 2.91. The quantitative estimate of drug-likeness (QED) is 0.530. The molecule has 0 radical (unpaired) electrons. The fourth-order valence-electron chi connectivity index (χ4n) is 8.30. The normalized spacial score (nSPS) is 30.7. The molecule has 5 aliphatic rings. The summed E-state index contributed by atoms with van der Waals surface area (Å²) in [5.41, 5.74) is 17.3. The van der Waals surface area contributed by atoms with Crippen LogP contribution in [-0.4, -0.2) is 25.0 Å². The van der Waals surface area contributed by atoms with Crippen LogP contribution >= 0.6 is 11.6 Å². The number of aryl methyl sites for hydroxylation is 1. The van der Waals surface area contributed by atoms with Crippen molar-refractivity contribution in [2.75, 3.05) is 14.2 Å². The van der Waals surface area contributed by atoms with Gasteiger partial charge in [-0.3, -0.25) is 0 Å². The molecule has 1 aliphatic heterocycles. The van der Waals surface area contributed by atoms with Crippen LogP contribution in [0.15, 0.2) is 76.9 Å². The van der Waals surface area contributed by atoms with Gasteiger partial charge in [-0.05, 0) is 88.9 Å². The molecule has 0 saturated heterocycles. The number of ether oxygens (including phenoxy) is 1. The monoisotopic (exact) mass is 479 g/mol. The highest BCUT2D eigenvalue weighted by molar-refractivity contribution is 6.31. The Balaban J connectivity index is 1.33. The number of fused-ring (bicyclic) bond motifs is 2. The van der Waals surface area contributed by atoms with E-state index in [1.54, 1.807) is 7.11 Å². The van der Waals surface area contributed by atoms with E-state index >= 15 is 0 Å². The molecule has 2 N–H and O–H groups in total. The highest BCUT2D eigenvalue weighted by atomic mass is 35.5. The predicted octanol–water partition coefficient (Wildman–Crippen LogP) is 5.47. The first-order valence-corrected chi connectivity index (χ1v) is 12.7. The Morgan fingerprint density at radius 3 is 2.63 bits per heavy atom. The molecule has 4 aliphatic carbocycles. The number of aliphatic imine (C=N–C) groups is 1. The largest absolute Gasteiger partial charge is 0.497 e. The van der Waals surface area contributed by atoms with Gasteiger partial charge in [0.05, 0.1) is 7.11 Å². The summed E-state index contributed by atoms with van der Waals surface area (Å²) in [6, 6.07) is 21.8. The van der Waals surface area contributed by atoms with E-state index in [4.69, 9.17) is 27.1 Å². The summed E-state index contributed by atoms with van der Waals surface area (Å²) in [5.74, 6) is 1.41. The van der Waals surface area contributed by atoms with Crippen molar-refractivity contribution in [2.45, 2.75) is 31.2 Å². The van der Waals surface area contributed by atoms with E-state index in [1.165, 1.54) is 33.5 Å². The van der Waals surface area contributed by atoms with Crippen LogP contribution in [0, 0.1) is 10.8 Å². The number of hydrogen-bond donors (Lipinski definition) is 1. The fraction of sp³-hybridized carbons (Fsp3) is 0.300. The Hall–Kier alpha value is -3.24. The molecule has 3 aromatic rings. The van der Waals surface area contributed by atoms with Crippen molar-refractivity contribution in [2.24, 2.45) is 21.6 Å². The van der Waals surface area contributed by atoms with Crippen LogP contribution in [0.2, 0.25) is 5.02 Å². The molecule has 1 fully saturated rings. The molecule has 3 spiro atoms. The first kappa shape index (κ1) is 20.0. The molecule has 3 unspecified atom stereocenters. The third-order valence-electron chi connectivity index (χ3n) is 9.67. The number of methoxy groups -OCH3 is 1. The number of allylic oxidation sites excluding steroid dienone is 1. The number of rotatable bonds is 2. The molecule has 3 aromatic carbocycles. The highest BCUT2D eigenvalue weighted by Crippen LogP contribution is 2.91. The van der Waals surface area contributed by atoms with Crippen LogP contribution < -0.4 is 10.5 Å². The van der Waals surface area contributed by atoms with Crippen molar-refractivity contribution in [1.29, 1.82) is 0 Å². The summed E-state index contributed by atoms with van der Waals surface area (Å²) in [6.45, 7) is 0. The molecule has 1 saturated carbocycles. The van der Waals surface area contributed by atoms with E-state index < -0.39 is 0 Å². The van der Waals surface area contributed by atoms with E-state index in [9.17, 15) is 0 Å². The molecule has 1 heterocycles. The molecular formula is C30H26ClN3O. The van der Waals surface area contributed by atoms with Crippen molar-refractivity contribution in [1.82, 2.24) is 4.90 Å². The van der Waals surface area contributed by atoms with E-state index in [-0.39, 0.29) is 16.4 Å². The third kappa shape index (κ3) is 2.04. The molecule has 174 valence electrons. The zero-order chi connectivity index (χ0) is 23.7. The van der Waals surface area contributed by atoms with Gasteiger partial charge in [0.15, 0.2) is 5.96 Å². The molecule has 8 rings (SSSR count). The number of guanidine groups is 1. The summed E-state index contributed by atoms with van der Waals surface area (Å²) in [4.78, 5) is 7.53. The van der Waals surface area contributed by atoms with Crippen molar-refractivity contribution >= 4 is 17.6 Å². The van der Waals surface area contributed by atoms with Gasteiger partial charge in [-0.2, -0.15) is 0 Å². The summed E-state index contributed by atoms with van der Waals surface area (Å²) in [5, 5.41) is 0.674. The topological polar surface area (TPSA) is 50.9 Å². The van der Waals surface area contributed by atoms with Gasteiger partial charge in [0.2, 0.25) is 0 Å². The summed E-state index contributed by atoms with van der Waals surface area (Å²) in [6.07, 6.45) is 4.32. The van der Waals surface area contributed by atoms with Gasteiger partial charge in [0.25, 0.3) is 0 Å². The Labute approximate surface area is 210 Å². The average Bonchev–Trinajstić information content (AvgIpc) is 3.47. The van der Waals surface area contributed by atoms with E-state index in [1.807, 2.05) is 12.1 Å². The number of benzene rings is 3. The third-order valence-corrected chi connectivity index (χ3v) is 9.88. The smallest absolute Gasteiger partial charge is 0.196 e. The molecule has 0 aromatic heterocycles. The van der Waals surface area contributed by atoms with Crippen molar-refractivity contribution in [3.05, 3.63) is 99.2 Å². The lowest BCUT2D eigenvalue weighted by Crippen LogP contribution is -2.59. The van der Waals surface area contributed by atoms with Crippen LogP contribution in [-0.2, 0) is 24.8 Å². The maximum Gasteiger partial charge on any atom is 0.196 e. The standard InChI is InChI=1S/C30H26ClN3O/c1-34-26-25-29(26)16-19-6-4-3-5-17(19)9-10-28(29)15-20-8-7-18(13-24(20)30(25,28)33-27(34)32)21-11-22(31)14-23(12-21)35-2/h3-8,11-14H,9-10,15-16H2,1-2H3,(H2,32,33). The van der Waals surface area contributed by atoms with Crippen molar-refractivity contribution in [3.63, 3.8) is 0 Å². The molecule has 5 heteroatoms. The predicted molar refractivity (Wildman–Crippen MR) is 139 cm³/mol. The van der Waals surface area contributed by atoms with Gasteiger partial charge in [-0.25, -0.2) is 4.99 Å². The average molecular weight is 480 g/mol. The zero-order valence-electron chi connectivity index (χ0n) is 19.9. The number of hydrogen-bond acceptors (Lipinski definition) is 4. The number of nitrogens with zero attached hydrogens (tertiary/aromatic N) is 2.